The summed E-state index contributed by atoms with van der Waals surface area (Å²) in [7, 11) is -3.28. The molecule has 1 amide bonds. The average Bonchev–Trinajstić information content (AvgIpc) is 3.38. The summed E-state index contributed by atoms with van der Waals surface area (Å²) < 4.78 is 32.6. The molecule has 3 aliphatic rings. The van der Waals surface area contributed by atoms with Crippen molar-refractivity contribution in [1.82, 2.24) is 20.1 Å². The minimum atomic E-state index is -3.28. The van der Waals surface area contributed by atoms with E-state index in [4.69, 9.17) is 4.52 Å². The molecule has 1 saturated carbocycles. The normalized spacial score (nSPS) is 29.5. The second-order valence-corrected chi connectivity index (χ2v) is 10.5. The number of carbonyl (C=O) groups excluding carboxylic acids is 1. The molecule has 2 saturated heterocycles. The van der Waals surface area contributed by atoms with E-state index in [2.05, 4.69) is 15.8 Å². The average molecular weight is 411 g/mol. The molecule has 28 heavy (non-hydrogen) atoms. The molecule has 4 rings (SSSR count). The fourth-order valence-electron chi connectivity index (χ4n) is 4.37. The van der Waals surface area contributed by atoms with Crippen molar-refractivity contribution in [2.45, 2.75) is 63.5 Å². The van der Waals surface area contributed by atoms with E-state index in [0.717, 1.165) is 44.5 Å². The topological polar surface area (TPSA) is 105 Å². The summed E-state index contributed by atoms with van der Waals surface area (Å²) in [5.41, 5.74) is 0.314. The van der Waals surface area contributed by atoms with Crippen LogP contribution in [-0.4, -0.2) is 61.3 Å². The van der Waals surface area contributed by atoms with Crippen LogP contribution in [0.25, 0.3) is 0 Å². The van der Waals surface area contributed by atoms with Crippen LogP contribution in [0.1, 0.15) is 67.6 Å². The molecular weight excluding hydrogens is 380 g/mol. The van der Waals surface area contributed by atoms with Crippen molar-refractivity contribution in [3.05, 3.63) is 17.5 Å². The maximum Gasteiger partial charge on any atom is 0.273 e. The van der Waals surface area contributed by atoms with E-state index >= 15 is 0 Å². The van der Waals surface area contributed by atoms with Crippen LogP contribution in [0, 0.1) is 5.92 Å². The minimum absolute atomic E-state index is 0.0497. The third kappa shape index (κ3) is 4.58. The first kappa shape index (κ1) is 19.8. The molecule has 0 aromatic carbocycles. The van der Waals surface area contributed by atoms with E-state index in [1.54, 1.807) is 10.4 Å². The van der Waals surface area contributed by atoms with Crippen LogP contribution in [0.4, 0.5) is 0 Å². The Balaban J connectivity index is 1.30. The summed E-state index contributed by atoms with van der Waals surface area (Å²) in [6, 6.07) is 1.56. The van der Waals surface area contributed by atoms with Gasteiger partial charge in [-0.1, -0.05) is 5.16 Å². The zero-order chi connectivity index (χ0) is 19.7. The molecule has 0 bridgehead atoms. The molecule has 0 unspecified atom stereocenters. The van der Waals surface area contributed by atoms with Gasteiger partial charge in [0, 0.05) is 30.6 Å². The fraction of sp³-hybridized carbons (Fsp3) is 0.789. The largest absolute Gasteiger partial charge is 0.360 e. The van der Waals surface area contributed by atoms with Crippen molar-refractivity contribution in [2.24, 2.45) is 5.92 Å². The highest BCUT2D eigenvalue weighted by molar-refractivity contribution is 7.89. The number of amides is 1. The molecule has 1 aliphatic carbocycles. The summed E-state index contributed by atoms with van der Waals surface area (Å²) in [6.07, 6.45) is 5.42. The summed E-state index contributed by atoms with van der Waals surface area (Å²) in [5.74, 6) is 1.37. The number of hydrogen-bond donors (Lipinski definition) is 2. The van der Waals surface area contributed by atoms with Crippen LogP contribution in [0.2, 0.25) is 0 Å². The maximum atomic E-state index is 12.9. The van der Waals surface area contributed by atoms with Gasteiger partial charge in [0.15, 0.2) is 5.69 Å². The Morgan fingerprint density at radius 2 is 2.18 bits per heavy atom. The summed E-state index contributed by atoms with van der Waals surface area (Å²) in [6.45, 7) is 4.13. The first-order chi connectivity index (χ1) is 13.4. The lowest BCUT2D eigenvalue weighted by Gasteiger charge is -2.37. The molecule has 1 aromatic heterocycles. The Labute approximate surface area is 166 Å². The molecule has 9 heteroatoms. The van der Waals surface area contributed by atoms with Crippen LogP contribution in [0.3, 0.4) is 0 Å². The predicted octanol–water partition coefficient (Wildman–Crippen LogP) is 1.46. The van der Waals surface area contributed by atoms with Crippen LogP contribution < -0.4 is 10.6 Å². The SMILES string of the molecule is C[C@H]1C[C@@H](NC(=O)c2cc(C3CC3)on2)CCN1S(=O)(=O)C[C@H]1CCCNC1. The van der Waals surface area contributed by atoms with Gasteiger partial charge >= 0.3 is 0 Å². The van der Waals surface area contributed by atoms with Crippen molar-refractivity contribution >= 4 is 15.9 Å². The third-order valence-electron chi connectivity index (χ3n) is 6.09. The quantitative estimate of drug-likeness (QED) is 0.736. The number of piperidine rings is 2. The van der Waals surface area contributed by atoms with Crippen molar-refractivity contribution in [3.8, 4) is 0 Å². The summed E-state index contributed by atoms with van der Waals surface area (Å²) in [5, 5.41) is 10.2. The monoisotopic (exact) mass is 410 g/mol. The Kier molecular flexibility index (Phi) is 5.76. The van der Waals surface area contributed by atoms with Gasteiger partial charge < -0.3 is 15.2 Å². The predicted molar refractivity (Wildman–Crippen MR) is 105 cm³/mol. The third-order valence-corrected chi connectivity index (χ3v) is 8.24. The summed E-state index contributed by atoms with van der Waals surface area (Å²) in [4.78, 5) is 12.4. The lowest BCUT2D eigenvalue weighted by atomic mass is 10.0. The van der Waals surface area contributed by atoms with E-state index in [0.29, 0.717) is 31.0 Å². The molecule has 3 fully saturated rings. The van der Waals surface area contributed by atoms with Gasteiger partial charge in [-0.05, 0) is 64.5 Å². The fourth-order valence-corrected chi connectivity index (χ4v) is 6.46. The van der Waals surface area contributed by atoms with Gasteiger partial charge in [0.25, 0.3) is 5.91 Å². The molecule has 1 aromatic rings. The number of sulfonamides is 1. The van der Waals surface area contributed by atoms with Crippen molar-refractivity contribution in [3.63, 3.8) is 0 Å². The van der Waals surface area contributed by atoms with Gasteiger partial charge in [-0.3, -0.25) is 4.79 Å². The van der Waals surface area contributed by atoms with Crippen LogP contribution in [-0.2, 0) is 10.0 Å². The van der Waals surface area contributed by atoms with E-state index in [-0.39, 0.29) is 29.7 Å². The van der Waals surface area contributed by atoms with E-state index in [1.165, 1.54) is 0 Å². The number of rotatable bonds is 6. The number of aromatic nitrogens is 1. The zero-order valence-corrected chi connectivity index (χ0v) is 17.2. The van der Waals surface area contributed by atoms with Gasteiger partial charge in [-0.15, -0.1) is 0 Å². The van der Waals surface area contributed by atoms with Gasteiger partial charge in [-0.2, -0.15) is 4.31 Å². The van der Waals surface area contributed by atoms with Gasteiger partial charge in [-0.25, -0.2) is 8.42 Å². The number of hydrogen-bond acceptors (Lipinski definition) is 6. The molecule has 2 aliphatic heterocycles. The Hall–Kier alpha value is -1.45. The highest BCUT2D eigenvalue weighted by Gasteiger charge is 2.36. The molecule has 3 atom stereocenters. The standard InChI is InChI=1S/C19H30N4O4S/c1-13-9-16(21-19(24)17-10-18(27-22-17)15-4-5-15)6-8-23(13)28(25,26)12-14-3-2-7-20-11-14/h10,13-16,20H,2-9,11-12H2,1H3,(H,21,24)/t13-,14-,16-/m0/s1. The highest BCUT2D eigenvalue weighted by Crippen LogP contribution is 2.40. The van der Waals surface area contributed by atoms with Crippen LogP contribution in [0.15, 0.2) is 10.6 Å². The highest BCUT2D eigenvalue weighted by atomic mass is 32.2. The molecule has 3 heterocycles. The Bertz CT molecular complexity index is 799. The first-order valence-corrected chi connectivity index (χ1v) is 12.0. The molecule has 8 nitrogen and oxygen atoms in total. The lowest BCUT2D eigenvalue weighted by Crippen LogP contribution is -2.52. The summed E-state index contributed by atoms with van der Waals surface area (Å²) >= 11 is 0. The molecular formula is C19H30N4O4S. The van der Waals surface area contributed by atoms with Crippen LogP contribution >= 0.6 is 0 Å². The van der Waals surface area contributed by atoms with Crippen molar-refractivity contribution in [2.75, 3.05) is 25.4 Å². The smallest absolute Gasteiger partial charge is 0.273 e. The van der Waals surface area contributed by atoms with Crippen molar-refractivity contribution in [1.29, 1.82) is 0 Å². The Morgan fingerprint density at radius 1 is 1.36 bits per heavy atom. The van der Waals surface area contributed by atoms with Gasteiger partial charge in [0.1, 0.15) is 5.76 Å². The molecule has 0 spiro atoms. The van der Waals surface area contributed by atoms with E-state index < -0.39 is 10.0 Å². The minimum Gasteiger partial charge on any atom is -0.360 e. The van der Waals surface area contributed by atoms with Crippen molar-refractivity contribution < 1.29 is 17.7 Å². The molecule has 156 valence electrons. The van der Waals surface area contributed by atoms with Gasteiger partial charge in [0.05, 0.1) is 5.75 Å². The van der Waals surface area contributed by atoms with E-state index in [9.17, 15) is 13.2 Å². The Morgan fingerprint density at radius 3 is 2.86 bits per heavy atom. The second kappa shape index (κ2) is 8.12. The molecule has 0 radical (unpaired) electrons. The van der Waals surface area contributed by atoms with Crippen LogP contribution in [0.5, 0.6) is 0 Å². The second-order valence-electron chi connectivity index (χ2n) is 8.53. The molecule has 2 N–H and O–H groups in total. The maximum absolute atomic E-state index is 12.9. The van der Waals surface area contributed by atoms with E-state index in [1.807, 2.05) is 6.92 Å². The van der Waals surface area contributed by atoms with Gasteiger partial charge in [0.2, 0.25) is 10.0 Å². The number of nitrogens with zero attached hydrogens (tertiary/aromatic N) is 2. The zero-order valence-electron chi connectivity index (χ0n) is 16.4. The number of carbonyl (C=O) groups is 1. The number of nitrogens with one attached hydrogen (secondary N) is 2. The lowest BCUT2D eigenvalue weighted by molar-refractivity contribution is 0.0905. The first-order valence-electron chi connectivity index (χ1n) is 10.4.